The first kappa shape index (κ1) is 31.0. The summed E-state index contributed by atoms with van der Waals surface area (Å²) in [4.78, 5) is 24.7. The maximum atomic E-state index is 14.4. The van der Waals surface area contributed by atoms with Crippen molar-refractivity contribution in [1.29, 1.82) is 0 Å². The topological polar surface area (TPSA) is 97.9 Å². The standard InChI is InChI=1S/C37H40N4O5/c1-43-31-17-16-24(20-32(31)44-2)19-30-27-22-34(46-4)33(45-3)21-26(27)13-10-18-41(30)36(25-11-6-5-7-12-25)37(42)38-23-35-39-28-14-8-9-15-29(28)40-35/h5-9,11-12,14-17,20-22,30,36H,10,13,18-19,23H2,1-4H3,(H,38,42)(H,39,40). The van der Waals surface area contributed by atoms with Gasteiger partial charge in [0.05, 0.1) is 46.0 Å². The number of benzene rings is 4. The van der Waals surface area contributed by atoms with Crippen LogP contribution < -0.4 is 24.3 Å². The van der Waals surface area contributed by atoms with Crippen LogP contribution in [0.25, 0.3) is 11.0 Å². The van der Waals surface area contributed by atoms with Crippen LogP contribution in [-0.2, 0) is 24.2 Å². The number of nitrogens with one attached hydrogen (secondary N) is 2. The van der Waals surface area contributed by atoms with Crippen LogP contribution in [0.15, 0.2) is 84.9 Å². The summed E-state index contributed by atoms with van der Waals surface area (Å²) in [6, 6.07) is 27.3. The van der Waals surface area contributed by atoms with Crippen molar-refractivity contribution in [3.8, 4) is 23.0 Å². The Bertz CT molecular complexity index is 1770. The fourth-order valence-electron chi connectivity index (χ4n) is 6.50. The molecule has 9 heteroatoms. The first-order chi connectivity index (χ1) is 22.5. The lowest BCUT2D eigenvalue weighted by Crippen LogP contribution is -2.43. The minimum atomic E-state index is -0.560. The van der Waals surface area contributed by atoms with E-state index in [-0.39, 0.29) is 18.5 Å². The van der Waals surface area contributed by atoms with Crippen molar-refractivity contribution >= 4 is 16.9 Å². The minimum absolute atomic E-state index is 0.0899. The predicted molar refractivity (Wildman–Crippen MR) is 178 cm³/mol. The molecule has 0 radical (unpaired) electrons. The Kier molecular flexibility index (Phi) is 9.40. The first-order valence-corrected chi connectivity index (χ1v) is 15.5. The monoisotopic (exact) mass is 620 g/mol. The van der Waals surface area contributed by atoms with Gasteiger partial charge < -0.3 is 29.2 Å². The van der Waals surface area contributed by atoms with Gasteiger partial charge in [-0.3, -0.25) is 9.69 Å². The second kappa shape index (κ2) is 14.0. The predicted octanol–water partition coefficient (Wildman–Crippen LogP) is 6.19. The number of aromatic nitrogens is 2. The summed E-state index contributed by atoms with van der Waals surface area (Å²) in [7, 11) is 6.59. The van der Waals surface area contributed by atoms with Gasteiger partial charge in [-0.25, -0.2) is 4.98 Å². The number of amides is 1. The molecule has 0 fully saturated rings. The minimum Gasteiger partial charge on any atom is -0.493 e. The van der Waals surface area contributed by atoms with Gasteiger partial charge in [-0.1, -0.05) is 48.5 Å². The fourth-order valence-corrected chi connectivity index (χ4v) is 6.50. The molecule has 6 rings (SSSR count). The second-order valence-electron chi connectivity index (χ2n) is 11.4. The van der Waals surface area contributed by atoms with E-state index in [1.54, 1.807) is 28.4 Å². The molecule has 1 aliphatic heterocycles. The maximum absolute atomic E-state index is 14.4. The number of ether oxygens (including phenoxy) is 4. The molecule has 1 amide bonds. The fraction of sp³-hybridized carbons (Fsp3) is 0.297. The average Bonchev–Trinajstić information content (AvgIpc) is 3.45. The molecule has 1 aliphatic rings. The number of aromatic amines is 1. The summed E-state index contributed by atoms with van der Waals surface area (Å²) in [5, 5.41) is 3.20. The zero-order valence-corrected chi connectivity index (χ0v) is 26.7. The molecule has 2 N–H and O–H groups in total. The van der Waals surface area contributed by atoms with Gasteiger partial charge in [0.1, 0.15) is 11.9 Å². The van der Waals surface area contributed by atoms with Crippen molar-refractivity contribution in [3.63, 3.8) is 0 Å². The number of rotatable bonds is 11. The highest BCUT2D eigenvalue weighted by Crippen LogP contribution is 2.43. The van der Waals surface area contributed by atoms with E-state index in [2.05, 4.69) is 38.4 Å². The van der Waals surface area contributed by atoms with Gasteiger partial charge in [0.2, 0.25) is 5.91 Å². The number of hydrogen-bond acceptors (Lipinski definition) is 7. The van der Waals surface area contributed by atoms with Crippen molar-refractivity contribution in [2.24, 2.45) is 0 Å². The molecule has 2 unspecified atom stereocenters. The number of hydrogen-bond donors (Lipinski definition) is 2. The molecule has 0 saturated heterocycles. The number of aryl methyl sites for hydroxylation is 1. The van der Waals surface area contributed by atoms with E-state index in [4.69, 9.17) is 18.9 Å². The third-order valence-electron chi connectivity index (χ3n) is 8.71. The van der Waals surface area contributed by atoms with Gasteiger partial charge in [-0.15, -0.1) is 0 Å². The van der Waals surface area contributed by atoms with E-state index in [0.29, 0.717) is 41.8 Å². The van der Waals surface area contributed by atoms with Crippen LogP contribution in [0.4, 0.5) is 0 Å². The summed E-state index contributed by atoms with van der Waals surface area (Å²) >= 11 is 0. The highest BCUT2D eigenvalue weighted by molar-refractivity contribution is 5.83. The van der Waals surface area contributed by atoms with Gasteiger partial charge in [-0.05, 0) is 77.9 Å². The lowest BCUT2D eigenvalue weighted by molar-refractivity contribution is -0.128. The number of fused-ring (bicyclic) bond motifs is 2. The normalized spacial score (nSPS) is 15.4. The Morgan fingerprint density at radius 1 is 0.870 bits per heavy atom. The molecule has 2 atom stereocenters. The number of carbonyl (C=O) groups excluding carboxylic acids is 1. The summed E-state index contributed by atoms with van der Waals surface area (Å²) in [6.07, 6.45) is 2.34. The van der Waals surface area contributed by atoms with Gasteiger partial charge >= 0.3 is 0 Å². The number of para-hydroxylation sites is 2. The summed E-state index contributed by atoms with van der Waals surface area (Å²) in [5.41, 5.74) is 6.08. The largest absolute Gasteiger partial charge is 0.493 e. The molecule has 4 aromatic carbocycles. The number of imidazole rings is 1. The second-order valence-corrected chi connectivity index (χ2v) is 11.4. The highest BCUT2D eigenvalue weighted by atomic mass is 16.5. The van der Waals surface area contributed by atoms with E-state index in [1.807, 2.05) is 66.7 Å². The van der Waals surface area contributed by atoms with Crippen molar-refractivity contribution in [3.05, 3.63) is 113 Å². The maximum Gasteiger partial charge on any atom is 0.242 e. The van der Waals surface area contributed by atoms with Crippen LogP contribution in [0.1, 0.15) is 46.6 Å². The van der Waals surface area contributed by atoms with Gasteiger partial charge in [0.15, 0.2) is 23.0 Å². The third kappa shape index (κ3) is 6.37. The zero-order chi connectivity index (χ0) is 32.0. The molecule has 1 aromatic heterocycles. The van der Waals surface area contributed by atoms with Crippen LogP contribution in [0, 0.1) is 0 Å². The molecular formula is C37H40N4O5. The molecule has 0 aliphatic carbocycles. The van der Waals surface area contributed by atoms with Crippen molar-refractivity contribution in [2.45, 2.75) is 37.9 Å². The number of methoxy groups -OCH3 is 4. The van der Waals surface area contributed by atoms with Crippen molar-refractivity contribution in [2.75, 3.05) is 35.0 Å². The Morgan fingerprint density at radius 3 is 2.30 bits per heavy atom. The summed E-state index contributed by atoms with van der Waals surface area (Å²) < 4.78 is 22.6. The summed E-state index contributed by atoms with van der Waals surface area (Å²) in [6.45, 7) is 0.988. The summed E-state index contributed by atoms with van der Waals surface area (Å²) in [5.74, 6) is 3.31. The van der Waals surface area contributed by atoms with E-state index in [1.165, 1.54) is 5.56 Å². The molecule has 9 nitrogen and oxygen atoms in total. The molecular weight excluding hydrogens is 580 g/mol. The molecule has 0 spiro atoms. The molecule has 238 valence electrons. The van der Waals surface area contributed by atoms with E-state index in [0.717, 1.165) is 40.6 Å². The van der Waals surface area contributed by atoms with Gasteiger partial charge in [0.25, 0.3) is 0 Å². The molecule has 5 aromatic rings. The highest BCUT2D eigenvalue weighted by Gasteiger charge is 2.36. The number of carbonyl (C=O) groups is 1. The molecule has 0 bridgehead atoms. The third-order valence-corrected chi connectivity index (χ3v) is 8.71. The van der Waals surface area contributed by atoms with Crippen LogP contribution in [-0.4, -0.2) is 55.8 Å². The lowest BCUT2D eigenvalue weighted by atomic mass is 9.91. The Hall–Kier alpha value is -5.02. The quantitative estimate of drug-likeness (QED) is 0.182. The Balaban J connectivity index is 1.42. The van der Waals surface area contributed by atoms with E-state index in [9.17, 15) is 4.79 Å². The molecule has 46 heavy (non-hydrogen) atoms. The lowest BCUT2D eigenvalue weighted by Gasteiger charge is -2.37. The number of H-pyrrole nitrogens is 1. The van der Waals surface area contributed by atoms with Crippen molar-refractivity contribution < 1.29 is 23.7 Å². The Labute approximate surface area is 269 Å². The van der Waals surface area contributed by atoms with E-state index < -0.39 is 6.04 Å². The average molecular weight is 621 g/mol. The van der Waals surface area contributed by atoms with Crippen LogP contribution in [0.2, 0.25) is 0 Å². The molecule has 0 saturated carbocycles. The zero-order valence-electron chi connectivity index (χ0n) is 26.7. The van der Waals surface area contributed by atoms with Gasteiger partial charge in [0, 0.05) is 12.6 Å². The molecule has 2 heterocycles. The van der Waals surface area contributed by atoms with E-state index >= 15 is 0 Å². The smallest absolute Gasteiger partial charge is 0.242 e. The van der Waals surface area contributed by atoms with Crippen LogP contribution in [0.5, 0.6) is 23.0 Å². The first-order valence-electron chi connectivity index (χ1n) is 15.5. The van der Waals surface area contributed by atoms with Gasteiger partial charge in [-0.2, -0.15) is 0 Å². The SMILES string of the molecule is COc1ccc(CC2c3cc(OC)c(OC)cc3CCCN2C(C(=O)NCc2nc3ccccc3[nH]2)c2ccccc2)cc1OC. The number of nitrogens with zero attached hydrogens (tertiary/aromatic N) is 2. The van der Waals surface area contributed by atoms with Crippen LogP contribution in [0.3, 0.4) is 0 Å². The van der Waals surface area contributed by atoms with Crippen LogP contribution >= 0.6 is 0 Å². The van der Waals surface area contributed by atoms with Crippen molar-refractivity contribution in [1.82, 2.24) is 20.2 Å². The Morgan fingerprint density at radius 2 is 1.57 bits per heavy atom.